The summed E-state index contributed by atoms with van der Waals surface area (Å²) >= 11 is 0. The summed E-state index contributed by atoms with van der Waals surface area (Å²) in [7, 11) is 1.38. The second-order valence-corrected chi connectivity index (χ2v) is 5.36. The zero-order chi connectivity index (χ0) is 14.7. The van der Waals surface area contributed by atoms with Gasteiger partial charge in [0.1, 0.15) is 0 Å². The van der Waals surface area contributed by atoms with Gasteiger partial charge in [-0.1, -0.05) is 6.92 Å². The molecular weight excluding hydrogens is 259 g/mol. The van der Waals surface area contributed by atoms with Gasteiger partial charge in [0.25, 0.3) is 5.91 Å². The molecule has 1 heterocycles. The second-order valence-electron chi connectivity index (χ2n) is 5.36. The molecule has 1 saturated heterocycles. The number of hydrogen-bond donors (Lipinski definition) is 2. The Kier molecular flexibility index (Phi) is 4.60. The molecule has 5 heteroatoms. The van der Waals surface area contributed by atoms with E-state index >= 15 is 0 Å². The van der Waals surface area contributed by atoms with E-state index in [-0.39, 0.29) is 23.7 Å². The molecule has 3 atom stereocenters. The molecule has 110 valence electrons. The molecule has 1 aromatic carbocycles. The zero-order valence-electron chi connectivity index (χ0n) is 12.1. The Balaban J connectivity index is 2.11. The number of piperidine rings is 1. The summed E-state index contributed by atoms with van der Waals surface area (Å²) in [5.74, 6) is -0.168. The van der Waals surface area contributed by atoms with Crippen LogP contribution in [0.1, 0.15) is 30.6 Å². The van der Waals surface area contributed by atoms with Crippen LogP contribution in [0.2, 0.25) is 0 Å². The van der Waals surface area contributed by atoms with Crippen molar-refractivity contribution in [1.82, 2.24) is 10.6 Å². The van der Waals surface area contributed by atoms with E-state index in [9.17, 15) is 9.18 Å². The Morgan fingerprint density at radius 1 is 1.45 bits per heavy atom. The maximum Gasteiger partial charge on any atom is 0.251 e. The Bertz CT molecular complexity index is 483. The second kappa shape index (κ2) is 6.22. The van der Waals surface area contributed by atoms with E-state index in [2.05, 4.69) is 24.5 Å². The van der Waals surface area contributed by atoms with Crippen LogP contribution < -0.4 is 15.4 Å². The molecule has 0 saturated carbocycles. The summed E-state index contributed by atoms with van der Waals surface area (Å²) in [6.45, 7) is 5.17. The van der Waals surface area contributed by atoms with Gasteiger partial charge in [0.2, 0.25) is 0 Å². The van der Waals surface area contributed by atoms with E-state index in [1.54, 1.807) is 0 Å². The van der Waals surface area contributed by atoms with Crippen LogP contribution in [0.25, 0.3) is 0 Å². The number of carbonyl (C=O) groups is 1. The summed E-state index contributed by atoms with van der Waals surface area (Å²) in [6.07, 6.45) is 1.03. The first-order valence-corrected chi connectivity index (χ1v) is 6.90. The third kappa shape index (κ3) is 3.10. The zero-order valence-corrected chi connectivity index (χ0v) is 12.1. The average molecular weight is 280 g/mol. The lowest BCUT2D eigenvalue weighted by molar-refractivity contribution is 0.0897. The van der Waals surface area contributed by atoms with E-state index in [4.69, 9.17) is 4.74 Å². The highest BCUT2D eigenvalue weighted by atomic mass is 19.1. The van der Waals surface area contributed by atoms with Crippen LogP contribution >= 0.6 is 0 Å². The molecule has 1 fully saturated rings. The van der Waals surface area contributed by atoms with Gasteiger partial charge in [-0.05, 0) is 44.0 Å². The van der Waals surface area contributed by atoms with Crippen LogP contribution in [-0.2, 0) is 0 Å². The summed E-state index contributed by atoms with van der Waals surface area (Å²) in [6, 6.07) is 4.45. The molecule has 0 aliphatic carbocycles. The minimum atomic E-state index is -0.467. The van der Waals surface area contributed by atoms with Crippen LogP contribution in [0.15, 0.2) is 18.2 Å². The van der Waals surface area contributed by atoms with Gasteiger partial charge in [-0.25, -0.2) is 4.39 Å². The summed E-state index contributed by atoms with van der Waals surface area (Å²) in [5, 5.41) is 6.38. The molecule has 2 N–H and O–H groups in total. The molecule has 3 unspecified atom stereocenters. The molecule has 1 aliphatic heterocycles. The highest BCUT2D eigenvalue weighted by Crippen LogP contribution is 2.20. The first kappa shape index (κ1) is 14.8. The van der Waals surface area contributed by atoms with E-state index in [1.807, 2.05) is 0 Å². The van der Waals surface area contributed by atoms with Crippen LogP contribution in [0.3, 0.4) is 0 Å². The molecule has 4 nitrogen and oxygen atoms in total. The number of methoxy groups -OCH3 is 1. The minimum Gasteiger partial charge on any atom is -0.494 e. The first-order chi connectivity index (χ1) is 9.52. The monoisotopic (exact) mass is 280 g/mol. The van der Waals surface area contributed by atoms with Crippen molar-refractivity contribution in [3.05, 3.63) is 29.6 Å². The van der Waals surface area contributed by atoms with Crippen LogP contribution in [0, 0.1) is 11.7 Å². The quantitative estimate of drug-likeness (QED) is 0.890. The fourth-order valence-corrected chi connectivity index (χ4v) is 2.64. The van der Waals surface area contributed by atoms with Gasteiger partial charge in [-0.15, -0.1) is 0 Å². The number of carbonyl (C=O) groups excluding carboxylic acids is 1. The fraction of sp³-hybridized carbons (Fsp3) is 0.533. The predicted molar refractivity (Wildman–Crippen MR) is 75.5 cm³/mol. The lowest BCUT2D eigenvalue weighted by Crippen LogP contribution is -2.55. The van der Waals surface area contributed by atoms with Crippen molar-refractivity contribution in [2.45, 2.75) is 32.4 Å². The smallest absolute Gasteiger partial charge is 0.251 e. The van der Waals surface area contributed by atoms with Gasteiger partial charge in [-0.3, -0.25) is 4.79 Å². The average Bonchev–Trinajstić information content (AvgIpc) is 2.43. The number of ether oxygens (including phenoxy) is 1. The van der Waals surface area contributed by atoms with Crippen molar-refractivity contribution in [3.8, 4) is 5.75 Å². The van der Waals surface area contributed by atoms with Crippen LogP contribution in [0.5, 0.6) is 5.75 Å². The number of amides is 1. The fourth-order valence-electron chi connectivity index (χ4n) is 2.64. The highest BCUT2D eigenvalue weighted by molar-refractivity contribution is 5.94. The van der Waals surface area contributed by atoms with Crippen molar-refractivity contribution in [2.75, 3.05) is 13.7 Å². The van der Waals surface area contributed by atoms with Gasteiger partial charge in [0.15, 0.2) is 11.6 Å². The Hall–Kier alpha value is -1.62. The molecule has 0 bridgehead atoms. The van der Waals surface area contributed by atoms with Gasteiger partial charge in [0.05, 0.1) is 7.11 Å². The summed E-state index contributed by atoms with van der Waals surface area (Å²) < 4.78 is 18.3. The van der Waals surface area contributed by atoms with E-state index in [0.29, 0.717) is 11.5 Å². The number of benzene rings is 1. The molecule has 1 aromatic rings. The predicted octanol–water partition coefficient (Wildman–Crippen LogP) is 1.95. The van der Waals surface area contributed by atoms with Gasteiger partial charge in [-0.2, -0.15) is 0 Å². The third-order valence-electron chi connectivity index (χ3n) is 3.93. The van der Waals surface area contributed by atoms with Gasteiger partial charge >= 0.3 is 0 Å². The molecule has 0 radical (unpaired) electrons. The van der Waals surface area contributed by atoms with Crippen molar-refractivity contribution >= 4 is 5.91 Å². The topological polar surface area (TPSA) is 50.4 Å². The number of hydrogen-bond acceptors (Lipinski definition) is 3. The molecular formula is C15H21FN2O2. The SMILES string of the molecule is COc1cc(C(=O)NC2C(C)CCNC2C)ccc1F. The van der Waals surface area contributed by atoms with E-state index in [1.165, 1.54) is 25.3 Å². The lowest BCUT2D eigenvalue weighted by atomic mass is 9.89. The molecule has 1 aliphatic rings. The van der Waals surface area contributed by atoms with Gasteiger partial charge < -0.3 is 15.4 Å². The van der Waals surface area contributed by atoms with E-state index < -0.39 is 5.82 Å². The Morgan fingerprint density at radius 2 is 2.20 bits per heavy atom. The molecule has 0 aromatic heterocycles. The molecule has 2 rings (SSSR count). The molecule has 0 spiro atoms. The van der Waals surface area contributed by atoms with Crippen molar-refractivity contribution < 1.29 is 13.9 Å². The van der Waals surface area contributed by atoms with Crippen LogP contribution in [-0.4, -0.2) is 31.6 Å². The maximum atomic E-state index is 13.3. The maximum absolute atomic E-state index is 13.3. The third-order valence-corrected chi connectivity index (χ3v) is 3.93. The number of rotatable bonds is 3. The largest absolute Gasteiger partial charge is 0.494 e. The summed E-state index contributed by atoms with van der Waals surface area (Å²) in [4.78, 5) is 12.3. The standard InChI is InChI=1S/C15H21FN2O2/c1-9-6-7-17-10(2)14(9)18-15(19)11-4-5-12(16)13(8-11)20-3/h4-5,8-10,14,17H,6-7H2,1-3H3,(H,18,19). The number of nitrogens with one attached hydrogen (secondary N) is 2. The highest BCUT2D eigenvalue weighted by Gasteiger charge is 2.29. The number of halogens is 1. The Labute approximate surface area is 118 Å². The lowest BCUT2D eigenvalue weighted by Gasteiger charge is -2.36. The Morgan fingerprint density at radius 3 is 2.85 bits per heavy atom. The van der Waals surface area contributed by atoms with Crippen molar-refractivity contribution in [1.29, 1.82) is 0 Å². The van der Waals surface area contributed by atoms with Crippen molar-refractivity contribution in [3.63, 3.8) is 0 Å². The van der Waals surface area contributed by atoms with Gasteiger partial charge in [0, 0.05) is 17.6 Å². The normalized spacial score (nSPS) is 26.1. The molecule has 1 amide bonds. The first-order valence-electron chi connectivity index (χ1n) is 6.90. The van der Waals surface area contributed by atoms with Crippen LogP contribution in [0.4, 0.5) is 4.39 Å². The molecule has 20 heavy (non-hydrogen) atoms. The summed E-state index contributed by atoms with van der Waals surface area (Å²) in [5.41, 5.74) is 0.410. The minimum absolute atomic E-state index is 0.0762. The van der Waals surface area contributed by atoms with E-state index in [0.717, 1.165) is 13.0 Å². The van der Waals surface area contributed by atoms with Crippen molar-refractivity contribution in [2.24, 2.45) is 5.92 Å².